The number of hydrogen-bond acceptors (Lipinski definition) is 5. The monoisotopic (exact) mass is 194 g/mol. The van der Waals surface area contributed by atoms with Crippen LogP contribution in [0.25, 0.3) is 0 Å². The molecule has 62 valence electrons. The number of thioether (sulfide) groups is 1. The highest BCUT2D eigenvalue weighted by Gasteiger charge is 2.18. The highest BCUT2D eigenvalue weighted by Crippen LogP contribution is 2.23. The zero-order chi connectivity index (χ0) is 8.48. The molecule has 0 aromatic heterocycles. The summed E-state index contributed by atoms with van der Waals surface area (Å²) in [7, 11) is -4.10. The van der Waals surface area contributed by atoms with Crippen LogP contribution in [-0.2, 0) is 10.1 Å². The minimum atomic E-state index is -4.10. The van der Waals surface area contributed by atoms with E-state index >= 15 is 0 Å². The number of hydrogen-bond donors (Lipinski definition) is 2. The molecule has 1 rings (SSSR count). The third kappa shape index (κ3) is 2.21. The average molecular weight is 194 g/mol. The van der Waals surface area contributed by atoms with Gasteiger partial charge in [0.25, 0.3) is 0 Å². The molecule has 0 atom stereocenters. The van der Waals surface area contributed by atoms with E-state index in [-0.39, 0.29) is 15.9 Å². The van der Waals surface area contributed by atoms with Crippen molar-refractivity contribution in [3.05, 3.63) is 10.3 Å². The summed E-state index contributed by atoms with van der Waals surface area (Å²) in [6.07, 6.45) is 1.30. The molecule has 7 heteroatoms. The molecule has 0 saturated carbocycles. The number of nitrogens with zero attached hydrogens (tertiary/aromatic N) is 1. The molecule has 11 heavy (non-hydrogen) atoms. The van der Waals surface area contributed by atoms with Crippen molar-refractivity contribution in [2.45, 2.75) is 0 Å². The van der Waals surface area contributed by atoms with Crippen LogP contribution in [0.5, 0.6) is 0 Å². The van der Waals surface area contributed by atoms with Crippen LogP contribution in [0.3, 0.4) is 0 Å². The Morgan fingerprint density at radius 1 is 1.73 bits per heavy atom. The molecule has 3 N–H and O–H groups in total. The van der Waals surface area contributed by atoms with E-state index < -0.39 is 10.1 Å². The van der Waals surface area contributed by atoms with Gasteiger partial charge in [0.2, 0.25) is 0 Å². The van der Waals surface area contributed by atoms with Gasteiger partial charge in [0.05, 0.1) is 6.54 Å². The van der Waals surface area contributed by atoms with Crippen molar-refractivity contribution in [3.8, 4) is 0 Å². The van der Waals surface area contributed by atoms with Crippen molar-refractivity contribution in [1.29, 1.82) is 0 Å². The predicted octanol–water partition coefficient (Wildman–Crippen LogP) is -0.223. The lowest BCUT2D eigenvalue weighted by molar-refractivity contribution is 0.493. The summed E-state index contributed by atoms with van der Waals surface area (Å²) in [4.78, 5) is 3.70. The summed E-state index contributed by atoms with van der Waals surface area (Å²) in [5.41, 5.74) is 5.22. The third-order valence-electron chi connectivity index (χ3n) is 0.964. The number of rotatable bonds is 1. The maximum Gasteiger partial charge on any atom is 0.300 e. The van der Waals surface area contributed by atoms with E-state index in [0.717, 1.165) is 11.8 Å². The van der Waals surface area contributed by atoms with E-state index in [9.17, 15) is 8.42 Å². The summed E-state index contributed by atoms with van der Waals surface area (Å²) in [5.74, 6) is 0. The lowest BCUT2D eigenvalue weighted by atomic mass is 10.6. The fourth-order valence-corrected chi connectivity index (χ4v) is 2.01. The summed E-state index contributed by atoms with van der Waals surface area (Å²) < 4.78 is 29.4. The first-order chi connectivity index (χ1) is 5.00. The number of amidine groups is 1. The van der Waals surface area contributed by atoms with Crippen LogP contribution in [0.4, 0.5) is 0 Å². The third-order valence-corrected chi connectivity index (χ3v) is 3.23. The van der Waals surface area contributed by atoms with Crippen LogP contribution in [-0.4, -0.2) is 24.7 Å². The first kappa shape index (κ1) is 8.57. The lowest BCUT2D eigenvalue weighted by Crippen LogP contribution is -2.14. The highest BCUT2D eigenvalue weighted by atomic mass is 32.3. The summed E-state index contributed by atoms with van der Waals surface area (Å²) in [6.45, 7) is 0.202. The second-order valence-electron chi connectivity index (χ2n) is 1.78. The van der Waals surface area contributed by atoms with Gasteiger partial charge in [-0.3, -0.25) is 9.55 Å². The fourth-order valence-electron chi connectivity index (χ4n) is 0.545. The highest BCUT2D eigenvalue weighted by molar-refractivity contribution is 8.26. The molecule has 0 radical (unpaired) electrons. The second kappa shape index (κ2) is 2.84. The van der Waals surface area contributed by atoms with Crippen LogP contribution in [0, 0.1) is 0 Å². The Morgan fingerprint density at radius 2 is 2.36 bits per heavy atom. The zero-order valence-electron chi connectivity index (χ0n) is 5.39. The maximum absolute atomic E-state index is 10.5. The molecule has 0 fully saturated rings. The molecule has 0 amide bonds. The molecular formula is C4H6N2O3S2. The minimum Gasteiger partial charge on any atom is -0.378 e. The molecule has 0 aliphatic carbocycles. The van der Waals surface area contributed by atoms with Gasteiger partial charge < -0.3 is 5.73 Å². The van der Waals surface area contributed by atoms with Gasteiger partial charge in [-0.15, -0.1) is 0 Å². The van der Waals surface area contributed by atoms with Crippen molar-refractivity contribution in [2.75, 3.05) is 6.54 Å². The largest absolute Gasteiger partial charge is 0.378 e. The van der Waals surface area contributed by atoms with Crippen LogP contribution in [0.2, 0.25) is 0 Å². The first-order valence-corrected chi connectivity index (χ1v) is 4.91. The van der Waals surface area contributed by atoms with Crippen LogP contribution >= 0.6 is 11.8 Å². The van der Waals surface area contributed by atoms with Crippen LogP contribution in [0.15, 0.2) is 15.3 Å². The van der Waals surface area contributed by atoms with Gasteiger partial charge in [0.15, 0.2) is 5.17 Å². The summed E-state index contributed by atoms with van der Waals surface area (Å²) in [6, 6.07) is 0. The topological polar surface area (TPSA) is 92.8 Å². The Hall–Kier alpha value is -0.530. The van der Waals surface area contributed by atoms with Gasteiger partial charge in [-0.25, -0.2) is 0 Å². The van der Waals surface area contributed by atoms with Gasteiger partial charge in [-0.05, 0) is 17.8 Å². The lowest BCUT2D eigenvalue weighted by Gasteiger charge is -2.06. The SMILES string of the molecule is NC1=NCC=C(S(=O)(=O)O)S1. The average Bonchev–Trinajstić information content (AvgIpc) is 1.86. The standard InChI is InChI=1S/C4H6N2O3S2/c5-4-6-2-1-3(10-4)11(7,8)9/h1H,2H2,(H2,5,6)(H,7,8,9). The number of nitrogens with two attached hydrogens (primary N) is 1. The van der Waals surface area contributed by atoms with Gasteiger partial charge >= 0.3 is 10.1 Å². The Bertz CT molecular complexity index is 316. The molecule has 1 aliphatic rings. The molecule has 1 heterocycles. The summed E-state index contributed by atoms with van der Waals surface area (Å²) in [5, 5.41) is 0.153. The van der Waals surface area contributed by atoms with Crippen molar-refractivity contribution in [2.24, 2.45) is 10.7 Å². The minimum absolute atomic E-state index is 0.148. The molecule has 0 saturated heterocycles. The number of aliphatic imine (C=N–C) groups is 1. The Labute approximate surface area is 68.1 Å². The molecule has 0 spiro atoms. The maximum atomic E-state index is 10.5. The van der Waals surface area contributed by atoms with E-state index in [0.29, 0.717) is 0 Å². The molecule has 0 bridgehead atoms. The predicted molar refractivity (Wildman–Crippen MR) is 43.7 cm³/mol. The van der Waals surface area contributed by atoms with Crippen molar-refractivity contribution >= 4 is 27.0 Å². The smallest absolute Gasteiger partial charge is 0.300 e. The van der Waals surface area contributed by atoms with Crippen molar-refractivity contribution in [3.63, 3.8) is 0 Å². The summed E-state index contributed by atoms with van der Waals surface area (Å²) >= 11 is 0.744. The molecular weight excluding hydrogens is 188 g/mol. The van der Waals surface area contributed by atoms with Gasteiger partial charge in [-0.1, -0.05) is 0 Å². The van der Waals surface area contributed by atoms with E-state index in [1.807, 2.05) is 0 Å². The van der Waals surface area contributed by atoms with E-state index in [2.05, 4.69) is 4.99 Å². The van der Waals surface area contributed by atoms with E-state index in [4.69, 9.17) is 10.3 Å². The van der Waals surface area contributed by atoms with Gasteiger partial charge in [0.1, 0.15) is 4.24 Å². The molecule has 0 aromatic rings. The zero-order valence-corrected chi connectivity index (χ0v) is 7.02. The van der Waals surface area contributed by atoms with Gasteiger partial charge in [0, 0.05) is 0 Å². The van der Waals surface area contributed by atoms with Gasteiger partial charge in [-0.2, -0.15) is 8.42 Å². The Morgan fingerprint density at radius 3 is 2.73 bits per heavy atom. The van der Waals surface area contributed by atoms with Crippen LogP contribution < -0.4 is 5.73 Å². The molecule has 0 aromatic carbocycles. The van der Waals surface area contributed by atoms with E-state index in [1.165, 1.54) is 6.08 Å². The normalized spacial score (nSPS) is 19.0. The Balaban J connectivity index is 2.87. The molecule has 0 unspecified atom stereocenters. The first-order valence-electron chi connectivity index (χ1n) is 2.65. The Kier molecular flexibility index (Phi) is 2.21. The fraction of sp³-hybridized carbons (Fsp3) is 0.250. The second-order valence-corrected chi connectivity index (χ2v) is 4.49. The van der Waals surface area contributed by atoms with Crippen molar-refractivity contribution in [1.82, 2.24) is 0 Å². The molecule has 1 aliphatic heterocycles. The van der Waals surface area contributed by atoms with Crippen molar-refractivity contribution < 1.29 is 13.0 Å². The van der Waals surface area contributed by atoms with E-state index in [1.54, 1.807) is 0 Å². The molecule has 5 nitrogen and oxygen atoms in total. The quantitative estimate of drug-likeness (QED) is 0.563. The van der Waals surface area contributed by atoms with Crippen LogP contribution in [0.1, 0.15) is 0 Å².